The average molecular weight is 571 g/mol. The van der Waals surface area contributed by atoms with Crippen molar-refractivity contribution in [2.45, 2.75) is 60.1 Å². The first kappa shape index (κ1) is 31.2. The van der Waals surface area contributed by atoms with Crippen molar-refractivity contribution in [3.8, 4) is 11.5 Å². The van der Waals surface area contributed by atoms with Crippen LogP contribution in [-0.2, 0) is 22.5 Å². The fraction of sp³-hybridized carbons (Fsp3) is 0.452. The lowest BCUT2D eigenvalue weighted by molar-refractivity contribution is 0.0522. The van der Waals surface area contributed by atoms with Gasteiger partial charge in [0.05, 0.1) is 19.4 Å². The maximum absolute atomic E-state index is 13.3. The molecule has 0 aliphatic heterocycles. The predicted octanol–water partition coefficient (Wildman–Crippen LogP) is 6.21. The maximum atomic E-state index is 13.3. The van der Waals surface area contributed by atoms with Crippen molar-refractivity contribution >= 4 is 17.6 Å². The normalized spacial score (nSPS) is 12.2. The second kappa shape index (κ2) is 14.3. The van der Waals surface area contributed by atoms with E-state index in [1.54, 1.807) is 26.4 Å². The van der Waals surface area contributed by atoms with E-state index >= 15 is 0 Å². The Bertz CT molecular complexity index is 1330. The summed E-state index contributed by atoms with van der Waals surface area (Å²) in [5, 5.41) is 0.301. The topological polar surface area (TPSA) is 88.9 Å². The van der Waals surface area contributed by atoms with E-state index in [1.807, 2.05) is 47.9 Å². The number of carbonyl (C=O) groups excluding carboxylic acids is 1. The summed E-state index contributed by atoms with van der Waals surface area (Å²) in [7, 11) is 1.65. The molecule has 1 atom stereocenters. The molecule has 9 heteroatoms. The summed E-state index contributed by atoms with van der Waals surface area (Å²) in [6.45, 7) is 11.3. The first-order valence-electron chi connectivity index (χ1n) is 13.4. The van der Waals surface area contributed by atoms with Crippen LogP contribution in [0.4, 0.5) is 0 Å². The smallest absolute Gasteiger partial charge is 0.343 e. The molecule has 40 heavy (non-hydrogen) atoms. The van der Waals surface area contributed by atoms with E-state index in [-0.39, 0.29) is 36.0 Å². The number of halogens is 1. The summed E-state index contributed by atoms with van der Waals surface area (Å²) >= 11 is 6.39. The van der Waals surface area contributed by atoms with Crippen molar-refractivity contribution in [1.82, 2.24) is 9.55 Å². The van der Waals surface area contributed by atoms with Crippen molar-refractivity contribution in [2.75, 3.05) is 26.9 Å². The Morgan fingerprint density at radius 2 is 1.80 bits per heavy atom. The highest BCUT2D eigenvalue weighted by atomic mass is 35.5. The van der Waals surface area contributed by atoms with Gasteiger partial charge in [-0.1, -0.05) is 62.7 Å². The molecule has 0 fully saturated rings. The molecule has 0 aliphatic rings. The Balaban J connectivity index is 2.02. The molecular formula is C31H39ClN2O6. The molecule has 1 aromatic carbocycles. The van der Waals surface area contributed by atoms with Gasteiger partial charge < -0.3 is 23.5 Å². The van der Waals surface area contributed by atoms with Crippen LogP contribution in [-0.4, -0.2) is 42.5 Å². The van der Waals surface area contributed by atoms with Crippen molar-refractivity contribution < 1.29 is 23.7 Å². The molecule has 3 rings (SSSR count). The number of rotatable bonds is 13. The van der Waals surface area contributed by atoms with Crippen molar-refractivity contribution in [3.05, 3.63) is 86.6 Å². The summed E-state index contributed by atoms with van der Waals surface area (Å²) in [6.07, 6.45) is 4.49. The van der Waals surface area contributed by atoms with Crippen molar-refractivity contribution in [2.24, 2.45) is 5.41 Å². The Kier molecular flexibility index (Phi) is 11.2. The third-order valence-corrected chi connectivity index (χ3v) is 6.78. The van der Waals surface area contributed by atoms with E-state index in [0.29, 0.717) is 30.5 Å². The lowest BCUT2D eigenvalue weighted by Gasteiger charge is -2.34. The van der Waals surface area contributed by atoms with Crippen LogP contribution in [0.3, 0.4) is 0 Å². The zero-order chi connectivity index (χ0) is 29.3. The molecule has 0 aliphatic carbocycles. The SMILES string of the molecule is CCOC(=O)c1cn([C@@H](Cc2cc(OCCCOC)c(Cl)nc2C)C(C)(C)C)cc(OCc2ccccc2)c1=O. The minimum absolute atomic E-state index is 0.0743. The Hall–Kier alpha value is -3.36. The molecule has 0 N–H and O–H groups in total. The van der Waals surface area contributed by atoms with E-state index in [1.165, 1.54) is 0 Å². The Morgan fingerprint density at radius 1 is 1.07 bits per heavy atom. The highest BCUT2D eigenvalue weighted by Crippen LogP contribution is 2.36. The second-order valence-corrected chi connectivity index (χ2v) is 11.0. The van der Waals surface area contributed by atoms with Gasteiger partial charge in [-0.2, -0.15) is 0 Å². The number of ether oxygens (including phenoxy) is 4. The first-order valence-corrected chi connectivity index (χ1v) is 13.8. The quantitative estimate of drug-likeness (QED) is 0.137. The first-order chi connectivity index (χ1) is 19.0. The molecule has 8 nitrogen and oxygen atoms in total. The monoisotopic (exact) mass is 570 g/mol. The molecule has 216 valence electrons. The summed E-state index contributed by atoms with van der Waals surface area (Å²) < 4.78 is 24.0. The number of methoxy groups -OCH3 is 1. The van der Waals surface area contributed by atoms with Crippen LogP contribution in [0.1, 0.15) is 67.3 Å². The molecule has 0 bridgehead atoms. The van der Waals surface area contributed by atoms with Crippen molar-refractivity contribution in [1.29, 1.82) is 0 Å². The zero-order valence-corrected chi connectivity index (χ0v) is 24.9. The Labute approximate surface area is 241 Å². The van der Waals surface area contributed by atoms with E-state index in [4.69, 9.17) is 30.5 Å². The van der Waals surface area contributed by atoms with Crippen LogP contribution in [0.2, 0.25) is 5.15 Å². The highest BCUT2D eigenvalue weighted by Gasteiger charge is 2.29. The fourth-order valence-electron chi connectivity index (χ4n) is 4.30. The molecule has 2 aromatic heterocycles. The van der Waals surface area contributed by atoms with Crippen LogP contribution >= 0.6 is 11.6 Å². The summed E-state index contributed by atoms with van der Waals surface area (Å²) in [5.74, 6) is -0.100. The number of benzene rings is 1. The van der Waals surface area contributed by atoms with Gasteiger partial charge in [0, 0.05) is 38.1 Å². The fourth-order valence-corrected chi connectivity index (χ4v) is 4.54. The van der Waals surface area contributed by atoms with Crippen LogP contribution in [0.15, 0.2) is 53.6 Å². The summed E-state index contributed by atoms with van der Waals surface area (Å²) in [5.41, 5.74) is 1.75. The van der Waals surface area contributed by atoms with Gasteiger partial charge in [-0.15, -0.1) is 0 Å². The molecule has 0 amide bonds. The molecular weight excluding hydrogens is 532 g/mol. The van der Waals surface area contributed by atoms with Crippen LogP contribution < -0.4 is 14.9 Å². The van der Waals surface area contributed by atoms with Gasteiger partial charge >= 0.3 is 5.97 Å². The number of carbonyl (C=O) groups is 1. The van der Waals surface area contributed by atoms with Gasteiger partial charge in [0.1, 0.15) is 12.2 Å². The highest BCUT2D eigenvalue weighted by molar-refractivity contribution is 6.30. The maximum Gasteiger partial charge on any atom is 0.343 e. The molecule has 0 radical (unpaired) electrons. The number of aromatic nitrogens is 2. The summed E-state index contributed by atoms with van der Waals surface area (Å²) in [4.78, 5) is 30.6. The van der Waals surface area contributed by atoms with Crippen LogP contribution in [0, 0.1) is 12.3 Å². The number of aryl methyl sites for hydroxylation is 1. The zero-order valence-electron chi connectivity index (χ0n) is 24.2. The van der Waals surface area contributed by atoms with Gasteiger partial charge in [-0.05, 0) is 42.9 Å². The van der Waals surface area contributed by atoms with E-state index in [9.17, 15) is 9.59 Å². The standard InChI is InChI=1S/C31H39ClN2O6/c1-7-38-30(36)24-18-34(19-26(28(24)35)40-20-22-12-9-8-10-13-22)27(31(3,4)5)17-23-16-25(29(32)33-21(23)2)39-15-11-14-37-6/h8-10,12-13,16,18-19,27H,7,11,14-15,17,20H2,1-6H3/t27-/m0/s1. The molecule has 3 aromatic rings. The predicted molar refractivity (Wildman–Crippen MR) is 156 cm³/mol. The number of nitrogens with zero attached hydrogens (tertiary/aromatic N) is 2. The number of pyridine rings is 2. The van der Waals surface area contributed by atoms with E-state index in [0.717, 1.165) is 23.2 Å². The van der Waals surface area contributed by atoms with Gasteiger partial charge in [-0.3, -0.25) is 4.79 Å². The lowest BCUT2D eigenvalue weighted by atomic mass is 9.82. The largest absolute Gasteiger partial charge is 0.490 e. The number of hydrogen-bond acceptors (Lipinski definition) is 7. The third kappa shape index (κ3) is 8.32. The van der Waals surface area contributed by atoms with E-state index < -0.39 is 11.4 Å². The minimum atomic E-state index is -0.685. The van der Waals surface area contributed by atoms with Crippen molar-refractivity contribution in [3.63, 3.8) is 0 Å². The van der Waals surface area contributed by atoms with Gasteiger partial charge in [0.25, 0.3) is 0 Å². The number of hydrogen-bond donors (Lipinski definition) is 0. The average Bonchev–Trinajstić information content (AvgIpc) is 2.91. The lowest BCUT2D eigenvalue weighted by Crippen LogP contribution is -2.30. The summed E-state index contributed by atoms with van der Waals surface area (Å²) in [6, 6.07) is 11.3. The van der Waals surface area contributed by atoms with E-state index in [2.05, 4.69) is 25.8 Å². The van der Waals surface area contributed by atoms with Crippen LogP contribution in [0.5, 0.6) is 11.5 Å². The molecule has 0 spiro atoms. The third-order valence-electron chi connectivity index (χ3n) is 6.51. The minimum Gasteiger partial charge on any atom is -0.490 e. The Morgan fingerprint density at radius 3 is 2.45 bits per heavy atom. The van der Waals surface area contributed by atoms with Crippen LogP contribution in [0.25, 0.3) is 0 Å². The van der Waals surface area contributed by atoms with Gasteiger partial charge in [-0.25, -0.2) is 9.78 Å². The molecule has 0 saturated heterocycles. The number of esters is 1. The molecule has 0 saturated carbocycles. The molecule has 0 unspecified atom stereocenters. The molecule has 2 heterocycles. The van der Waals surface area contributed by atoms with Gasteiger partial charge in [0.2, 0.25) is 5.43 Å². The van der Waals surface area contributed by atoms with Gasteiger partial charge in [0.15, 0.2) is 16.7 Å². The second-order valence-electron chi connectivity index (χ2n) is 10.6.